The number of pyridine rings is 1. The van der Waals surface area contributed by atoms with Crippen molar-refractivity contribution in [3.63, 3.8) is 0 Å². The van der Waals surface area contributed by atoms with Gasteiger partial charge in [0, 0.05) is 23.1 Å². The van der Waals surface area contributed by atoms with Gasteiger partial charge in [-0.25, -0.2) is 4.98 Å². The number of nitrogens with one attached hydrogen (secondary N) is 2. The molecule has 162 valence electrons. The summed E-state index contributed by atoms with van der Waals surface area (Å²) in [5, 5.41) is 5.65. The number of amides is 1. The van der Waals surface area contributed by atoms with Crippen LogP contribution in [0.15, 0.2) is 77.5 Å². The molecule has 0 aliphatic rings. The lowest BCUT2D eigenvalue weighted by molar-refractivity contribution is -0.137. The Balaban J connectivity index is 1.51. The van der Waals surface area contributed by atoms with Crippen LogP contribution < -0.4 is 10.6 Å². The highest BCUT2D eigenvalue weighted by Crippen LogP contribution is 2.30. The van der Waals surface area contributed by atoms with E-state index in [0.29, 0.717) is 22.8 Å². The lowest BCUT2D eigenvalue weighted by Crippen LogP contribution is -2.14. The van der Waals surface area contributed by atoms with E-state index >= 15 is 0 Å². The zero-order valence-corrected chi connectivity index (χ0v) is 16.8. The van der Waals surface area contributed by atoms with Crippen LogP contribution in [0.4, 0.5) is 30.6 Å². The molecule has 0 aliphatic carbocycles. The Morgan fingerprint density at radius 2 is 1.84 bits per heavy atom. The average molecular weight is 438 g/mol. The number of aromatic nitrogens is 2. The van der Waals surface area contributed by atoms with Crippen molar-refractivity contribution in [1.29, 1.82) is 0 Å². The minimum Gasteiger partial charge on any atom is -0.422 e. The number of oxazole rings is 1. The molecule has 2 N–H and O–H groups in total. The highest BCUT2D eigenvalue weighted by Gasteiger charge is 2.30. The minimum absolute atomic E-state index is 0.0948. The SMILES string of the molecule is Cc1ccc(NC(=O)c2cccc(C(F)(F)F)c2)cc1Nc1ncc(-c2ccccn2)o1. The van der Waals surface area contributed by atoms with Crippen LogP contribution in [-0.4, -0.2) is 15.9 Å². The van der Waals surface area contributed by atoms with Crippen LogP contribution in [0.3, 0.4) is 0 Å². The van der Waals surface area contributed by atoms with Crippen molar-refractivity contribution >= 4 is 23.3 Å². The number of carbonyl (C=O) groups excluding carboxylic acids is 1. The van der Waals surface area contributed by atoms with E-state index in [0.717, 1.165) is 17.7 Å². The second-order valence-corrected chi connectivity index (χ2v) is 6.93. The second-order valence-electron chi connectivity index (χ2n) is 6.93. The first kappa shape index (κ1) is 21.1. The fourth-order valence-electron chi connectivity index (χ4n) is 2.95. The zero-order chi connectivity index (χ0) is 22.7. The number of hydrogen-bond donors (Lipinski definition) is 2. The molecule has 2 aromatic heterocycles. The predicted octanol–water partition coefficient (Wildman–Crippen LogP) is 6.06. The summed E-state index contributed by atoms with van der Waals surface area (Å²) in [5.41, 5.74) is 1.51. The molecule has 0 atom stereocenters. The van der Waals surface area contributed by atoms with Crippen LogP contribution in [0.25, 0.3) is 11.5 Å². The highest BCUT2D eigenvalue weighted by molar-refractivity contribution is 6.04. The van der Waals surface area contributed by atoms with Gasteiger partial charge in [-0.15, -0.1) is 0 Å². The Labute approximate surface area is 181 Å². The Morgan fingerprint density at radius 3 is 2.59 bits per heavy atom. The van der Waals surface area contributed by atoms with Gasteiger partial charge in [-0.3, -0.25) is 9.78 Å². The van der Waals surface area contributed by atoms with Gasteiger partial charge in [0.15, 0.2) is 5.76 Å². The predicted molar refractivity (Wildman–Crippen MR) is 114 cm³/mol. The van der Waals surface area contributed by atoms with E-state index in [9.17, 15) is 18.0 Å². The molecular formula is C23H17F3N4O2. The van der Waals surface area contributed by atoms with E-state index in [-0.39, 0.29) is 11.6 Å². The van der Waals surface area contributed by atoms with E-state index in [4.69, 9.17) is 4.42 Å². The zero-order valence-electron chi connectivity index (χ0n) is 16.8. The minimum atomic E-state index is -4.53. The number of rotatable bonds is 5. The molecule has 32 heavy (non-hydrogen) atoms. The summed E-state index contributed by atoms with van der Waals surface area (Å²) in [6, 6.07) is 15.0. The third-order valence-electron chi connectivity index (χ3n) is 4.61. The van der Waals surface area contributed by atoms with Crippen molar-refractivity contribution in [2.24, 2.45) is 0 Å². The molecule has 0 unspecified atom stereocenters. The standard InChI is InChI=1S/C23H17F3N4O2/c1-14-8-9-17(29-21(31)15-5-4-6-16(11-15)23(24,25)26)12-19(14)30-22-28-13-20(32-22)18-7-2-3-10-27-18/h2-13H,1H3,(H,28,30)(H,29,31). The number of nitrogens with zero attached hydrogens (tertiary/aromatic N) is 2. The van der Waals surface area contributed by atoms with Crippen molar-refractivity contribution in [3.05, 3.63) is 89.7 Å². The maximum Gasteiger partial charge on any atom is 0.416 e. The van der Waals surface area contributed by atoms with Crippen molar-refractivity contribution in [2.75, 3.05) is 10.6 Å². The number of benzene rings is 2. The van der Waals surface area contributed by atoms with Gasteiger partial charge >= 0.3 is 6.18 Å². The molecule has 9 heteroatoms. The molecule has 0 saturated heterocycles. The summed E-state index contributed by atoms with van der Waals surface area (Å²) in [7, 11) is 0. The van der Waals surface area contributed by atoms with Crippen LogP contribution in [0, 0.1) is 6.92 Å². The first-order valence-corrected chi connectivity index (χ1v) is 9.53. The first-order chi connectivity index (χ1) is 15.3. The number of aryl methyl sites for hydroxylation is 1. The largest absolute Gasteiger partial charge is 0.422 e. The summed E-state index contributed by atoms with van der Waals surface area (Å²) in [4.78, 5) is 20.9. The van der Waals surface area contributed by atoms with E-state index < -0.39 is 17.6 Å². The molecule has 6 nitrogen and oxygen atoms in total. The third-order valence-corrected chi connectivity index (χ3v) is 4.61. The van der Waals surface area contributed by atoms with Crippen LogP contribution in [0.5, 0.6) is 0 Å². The van der Waals surface area contributed by atoms with Gasteiger partial charge < -0.3 is 15.1 Å². The summed E-state index contributed by atoms with van der Waals surface area (Å²) >= 11 is 0. The summed E-state index contributed by atoms with van der Waals surface area (Å²) in [5.74, 6) is -0.167. The monoisotopic (exact) mass is 438 g/mol. The van der Waals surface area contributed by atoms with Crippen molar-refractivity contribution in [1.82, 2.24) is 9.97 Å². The Kier molecular flexibility index (Phi) is 5.63. The molecule has 0 aliphatic heterocycles. The van der Waals surface area contributed by atoms with Crippen LogP contribution in [0.1, 0.15) is 21.5 Å². The van der Waals surface area contributed by atoms with Gasteiger partial charge in [-0.05, 0) is 55.0 Å². The fourth-order valence-corrected chi connectivity index (χ4v) is 2.95. The number of hydrogen-bond acceptors (Lipinski definition) is 5. The molecule has 4 rings (SSSR count). The van der Waals surface area contributed by atoms with Gasteiger partial charge in [-0.2, -0.15) is 13.2 Å². The number of halogens is 3. The maximum atomic E-state index is 12.9. The molecule has 2 heterocycles. The second kappa shape index (κ2) is 8.54. The quantitative estimate of drug-likeness (QED) is 0.396. The van der Waals surface area contributed by atoms with Crippen molar-refractivity contribution in [3.8, 4) is 11.5 Å². The normalized spacial score (nSPS) is 11.2. The Bertz CT molecular complexity index is 1250. The van der Waals surface area contributed by atoms with E-state index in [1.807, 2.05) is 13.0 Å². The molecule has 0 radical (unpaired) electrons. The molecule has 0 fully saturated rings. The highest BCUT2D eigenvalue weighted by atomic mass is 19.4. The molecule has 2 aromatic carbocycles. The van der Waals surface area contributed by atoms with E-state index in [1.54, 1.807) is 42.7 Å². The number of alkyl halides is 3. The topological polar surface area (TPSA) is 80.0 Å². The van der Waals surface area contributed by atoms with Crippen LogP contribution >= 0.6 is 0 Å². The molecule has 0 saturated carbocycles. The first-order valence-electron chi connectivity index (χ1n) is 9.53. The Hall–Kier alpha value is -4.14. The lowest BCUT2D eigenvalue weighted by atomic mass is 10.1. The summed E-state index contributed by atoms with van der Waals surface area (Å²) < 4.78 is 44.4. The Morgan fingerprint density at radius 1 is 1.00 bits per heavy atom. The average Bonchev–Trinajstić information content (AvgIpc) is 3.25. The lowest BCUT2D eigenvalue weighted by Gasteiger charge is -2.12. The van der Waals surface area contributed by atoms with Crippen LogP contribution in [0.2, 0.25) is 0 Å². The van der Waals surface area contributed by atoms with E-state index in [1.165, 1.54) is 12.1 Å². The molecular weight excluding hydrogens is 421 g/mol. The molecule has 0 bridgehead atoms. The van der Waals surface area contributed by atoms with Gasteiger partial charge in [-0.1, -0.05) is 18.2 Å². The van der Waals surface area contributed by atoms with Crippen molar-refractivity contribution in [2.45, 2.75) is 13.1 Å². The summed E-state index contributed by atoms with van der Waals surface area (Å²) in [6.07, 6.45) is -1.34. The van der Waals surface area contributed by atoms with Gasteiger partial charge in [0.2, 0.25) is 0 Å². The van der Waals surface area contributed by atoms with Crippen molar-refractivity contribution < 1.29 is 22.4 Å². The summed E-state index contributed by atoms with van der Waals surface area (Å²) in [6.45, 7) is 1.85. The van der Waals surface area contributed by atoms with Gasteiger partial charge in [0.1, 0.15) is 5.69 Å². The smallest absolute Gasteiger partial charge is 0.416 e. The maximum absolute atomic E-state index is 12.9. The van der Waals surface area contributed by atoms with Gasteiger partial charge in [0.25, 0.3) is 11.9 Å². The number of anilines is 3. The van der Waals surface area contributed by atoms with E-state index in [2.05, 4.69) is 20.6 Å². The number of carbonyl (C=O) groups is 1. The molecule has 0 spiro atoms. The molecule has 4 aromatic rings. The van der Waals surface area contributed by atoms with Crippen LogP contribution in [-0.2, 0) is 6.18 Å². The van der Waals surface area contributed by atoms with Gasteiger partial charge in [0.05, 0.1) is 11.8 Å². The molecule has 1 amide bonds. The third kappa shape index (κ3) is 4.77. The fraction of sp³-hybridized carbons (Fsp3) is 0.0870.